The van der Waals surface area contributed by atoms with Gasteiger partial charge in [0.25, 0.3) is 5.56 Å². The molecule has 0 atom stereocenters. The molecule has 0 saturated carbocycles. The van der Waals surface area contributed by atoms with Gasteiger partial charge in [-0.25, -0.2) is 4.98 Å². The van der Waals surface area contributed by atoms with Gasteiger partial charge in [-0.2, -0.15) is 0 Å². The average molecular weight is 203 g/mol. The Morgan fingerprint density at radius 1 is 1.46 bits per heavy atom. The van der Waals surface area contributed by atoms with Crippen LogP contribution in [0.5, 0.6) is 0 Å². The number of H-pyrrole nitrogens is 1. The summed E-state index contributed by atoms with van der Waals surface area (Å²) in [6.07, 6.45) is 1.37. The molecule has 74 valence electrons. The summed E-state index contributed by atoms with van der Waals surface area (Å²) in [5.74, 6) is 0.888. The number of hydrogen-bond donors (Lipinski definition) is 1. The first-order valence-electron chi connectivity index (χ1n) is 4.36. The molecule has 1 aromatic heterocycles. The van der Waals surface area contributed by atoms with E-state index in [-0.39, 0.29) is 16.5 Å². The van der Waals surface area contributed by atoms with Crippen molar-refractivity contribution < 1.29 is 0 Å². The van der Waals surface area contributed by atoms with Crippen LogP contribution >= 0.6 is 11.6 Å². The van der Waals surface area contributed by atoms with Crippen LogP contribution in [-0.2, 0) is 0 Å². The smallest absolute Gasteiger partial charge is 0.269 e. The number of halogens is 1. The highest BCUT2D eigenvalue weighted by Crippen LogP contribution is 2.06. The molecule has 4 heteroatoms. The minimum Gasteiger partial charge on any atom is -0.309 e. The summed E-state index contributed by atoms with van der Waals surface area (Å²) in [5.41, 5.74) is -0.273. The van der Waals surface area contributed by atoms with Crippen molar-refractivity contribution in [2.45, 2.75) is 33.6 Å². The lowest BCUT2D eigenvalue weighted by Gasteiger charge is -2.01. The summed E-state index contributed by atoms with van der Waals surface area (Å²) < 4.78 is 0. The van der Waals surface area contributed by atoms with Gasteiger partial charge in [0.05, 0.1) is 6.20 Å². The maximum atomic E-state index is 10.9. The molecule has 0 fully saturated rings. The van der Waals surface area contributed by atoms with Crippen LogP contribution in [0, 0.1) is 0 Å². The van der Waals surface area contributed by atoms with E-state index in [9.17, 15) is 4.79 Å². The Kier molecular flexibility index (Phi) is 5.39. The Balaban J connectivity index is 0.000000671. The van der Waals surface area contributed by atoms with Gasteiger partial charge < -0.3 is 4.98 Å². The van der Waals surface area contributed by atoms with Gasteiger partial charge >= 0.3 is 0 Å². The molecule has 0 aliphatic heterocycles. The first kappa shape index (κ1) is 12.2. The van der Waals surface area contributed by atoms with Crippen LogP contribution < -0.4 is 5.56 Å². The van der Waals surface area contributed by atoms with Crippen LogP contribution in [0.4, 0.5) is 0 Å². The van der Waals surface area contributed by atoms with Gasteiger partial charge in [0.2, 0.25) is 0 Å². The predicted octanol–water partition coefficient (Wildman–Crippen LogP) is 2.57. The Morgan fingerprint density at radius 2 is 2.00 bits per heavy atom. The summed E-state index contributed by atoms with van der Waals surface area (Å²) in [6, 6.07) is 0. The van der Waals surface area contributed by atoms with Crippen molar-refractivity contribution in [1.29, 1.82) is 0 Å². The van der Waals surface area contributed by atoms with E-state index in [1.54, 1.807) is 0 Å². The van der Waals surface area contributed by atoms with Crippen LogP contribution in [-0.4, -0.2) is 9.97 Å². The number of nitrogens with one attached hydrogen (secondary N) is 1. The molecule has 1 rings (SSSR count). The standard InChI is InChI=1S/C7H9ClN2O.C2H6/c1-4(2)6-9-3-5(8)7(11)10-6;1-2/h3-4H,1-2H3,(H,9,10,11);1-2H3. The molecule has 0 aromatic carbocycles. The lowest BCUT2D eigenvalue weighted by molar-refractivity contribution is 0.766. The zero-order valence-corrected chi connectivity index (χ0v) is 9.14. The van der Waals surface area contributed by atoms with Crippen LogP contribution in [0.25, 0.3) is 0 Å². The fourth-order valence-electron chi connectivity index (χ4n) is 0.687. The van der Waals surface area contributed by atoms with Crippen LogP contribution in [0.3, 0.4) is 0 Å². The largest absolute Gasteiger partial charge is 0.309 e. The van der Waals surface area contributed by atoms with E-state index in [1.807, 2.05) is 27.7 Å². The van der Waals surface area contributed by atoms with Crippen molar-refractivity contribution in [2.24, 2.45) is 0 Å². The SMILES string of the molecule is CC.CC(C)c1ncc(Cl)c(=O)[nH]1. The third kappa shape index (κ3) is 3.59. The zero-order valence-electron chi connectivity index (χ0n) is 8.39. The van der Waals surface area contributed by atoms with E-state index < -0.39 is 0 Å². The minimum atomic E-state index is -0.273. The minimum absolute atomic E-state index is 0.134. The van der Waals surface area contributed by atoms with Crippen molar-refractivity contribution in [1.82, 2.24) is 9.97 Å². The maximum absolute atomic E-state index is 10.9. The summed E-state index contributed by atoms with van der Waals surface area (Å²) in [6.45, 7) is 7.90. The quantitative estimate of drug-likeness (QED) is 0.761. The lowest BCUT2D eigenvalue weighted by Crippen LogP contribution is -2.11. The van der Waals surface area contributed by atoms with Crippen molar-refractivity contribution in [3.63, 3.8) is 0 Å². The highest BCUT2D eigenvalue weighted by molar-refractivity contribution is 6.30. The summed E-state index contributed by atoms with van der Waals surface area (Å²) in [5, 5.41) is 0.134. The highest BCUT2D eigenvalue weighted by Gasteiger charge is 2.02. The van der Waals surface area contributed by atoms with E-state index in [2.05, 4.69) is 9.97 Å². The lowest BCUT2D eigenvalue weighted by atomic mass is 10.2. The first-order valence-corrected chi connectivity index (χ1v) is 4.73. The molecule has 0 saturated heterocycles. The molecule has 1 N–H and O–H groups in total. The van der Waals surface area contributed by atoms with Gasteiger partial charge in [-0.3, -0.25) is 4.79 Å². The Morgan fingerprint density at radius 3 is 2.38 bits per heavy atom. The van der Waals surface area contributed by atoms with Crippen LogP contribution in [0.2, 0.25) is 5.02 Å². The van der Waals surface area contributed by atoms with Gasteiger partial charge in [0.15, 0.2) is 0 Å². The highest BCUT2D eigenvalue weighted by atomic mass is 35.5. The van der Waals surface area contributed by atoms with Crippen LogP contribution in [0.15, 0.2) is 11.0 Å². The number of rotatable bonds is 1. The first-order chi connectivity index (χ1) is 6.11. The van der Waals surface area contributed by atoms with Gasteiger partial charge in [0, 0.05) is 5.92 Å². The van der Waals surface area contributed by atoms with Gasteiger partial charge in [0.1, 0.15) is 10.8 Å². The monoisotopic (exact) mass is 202 g/mol. The Labute approximate surface area is 83.2 Å². The number of aromatic nitrogens is 2. The summed E-state index contributed by atoms with van der Waals surface area (Å²) in [7, 11) is 0. The second-order valence-electron chi connectivity index (χ2n) is 2.60. The fraction of sp³-hybridized carbons (Fsp3) is 0.556. The Hall–Kier alpha value is -0.830. The summed E-state index contributed by atoms with van der Waals surface area (Å²) >= 11 is 5.48. The third-order valence-corrected chi connectivity index (χ3v) is 1.59. The fourth-order valence-corrected chi connectivity index (χ4v) is 0.783. The molecule has 3 nitrogen and oxygen atoms in total. The van der Waals surface area contributed by atoms with Gasteiger partial charge in [-0.15, -0.1) is 0 Å². The number of hydrogen-bond acceptors (Lipinski definition) is 2. The van der Waals surface area contributed by atoms with Gasteiger partial charge in [-0.1, -0.05) is 39.3 Å². The maximum Gasteiger partial charge on any atom is 0.269 e. The van der Waals surface area contributed by atoms with E-state index in [0.29, 0.717) is 5.82 Å². The molecule has 1 aromatic rings. The van der Waals surface area contributed by atoms with Crippen LogP contribution in [0.1, 0.15) is 39.4 Å². The average Bonchev–Trinajstić information content (AvgIpc) is 2.13. The molecule has 13 heavy (non-hydrogen) atoms. The molecule has 0 bridgehead atoms. The third-order valence-electron chi connectivity index (χ3n) is 1.32. The molecule has 0 aliphatic rings. The van der Waals surface area contributed by atoms with Crippen molar-refractivity contribution >= 4 is 11.6 Å². The second kappa shape index (κ2) is 5.75. The van der Waals surface area contributed by atoms with Gasteiger partial charge in [-0.05, 0) is 0 Å². The van der Waals surface area contributed by atoms with E-state index in [0.717, 1.165) is 0 Å². The summed E-state index contributed by atoms with van der Waals surface area (Å²) in [4.78, 5) is 17.4. The molecule has 0 unspecified atom stereocenters. The zero-order chi connectivity index (χ0) is 10.4. The van der Waals surface area contributed by atoms with Crippen molar-refractivity contribution in [3.8, 4) is 0 Å². The molecule has 0 amide bonds. The second-order valence-corrected chi connectivity index (χ2v) is 3.01. The molecule has 0 spiro atoms. The van der Waals surface area contributed by atoms with E-state index >= 15 is 0 Å². The molecular weight excluding hydrogens is 188 g/mol. The van der Waals surface area contributed by atoms with Crippen molar-refractivity contribution in [3.05, 3.63) is 27.4 Å². The molecule has 1 heterocycles. The molecular formula is C9H15ClN2O. The Bertz CT molecular complexity index is 307. The van der Waals surface area contributed by atoms with E-state index in [4.69, 9.17) is 11.6 Å². The number of nitrogens with zero attached hydrogens (tertiary/aromatic N) is 1. The normalized spacial score (nSPS) is 9.38. The van der Waals surface area contributed by atoms with Crippen molar-refractivity contribution in [2.75, 3.05) is 0 Å². The molecule has 0 radical (unpaired) electrons. The van der Waals surface area contributed by atoms with E-state index in [1.165, 1.54) is 6.20 Å². The number of aromatic amines is 1. The molecule has 0 aliphatic carbocycles. The topological polar surface area (TPSA) is 45.8 Å². The predicted molar refractivity (Wildman–Crippen MR) is 55.3 cm³/mol.